The highest BCUT2D eigenvalue weighted by Crippen LogP contribution is 2.31. The van der Waals surface area contributed by atoms with Crippen LogP contribution < -0.4 is 10.6 Å². The molecule has 1 aromatic rings. The highest BCUT2D eigenvalue weighted by atomic mass is 35.5. The Morgan fingerprint density at radius 3 is 3.00 bits per heavy atom. The smallest absolute Gasteiger partial charge is 0.406 e. The minimum atomic E-state index is -0.452. The number of amides is 1. The zero-order valence-corrected chi connectivity index (χ0v) is 13.2. The minimum Gasteiger partial charge on any atom is -0.453 e. The first-order valence-corrected chi connectivity index (χ1v) is 7.46. The lowest BCUT2D eigenvalue weighted by Gasteiger charge is -2.25. The van der Waals surface area contributed by atoms with Gasteiger partial charge in [-0.3, -0.25) is 0 Å². The lowest BCUT2D eigenvalue weighted by molar-refractivity contribution is 0.0307. The number of hydrogen-bond donors (Lipinski definition) is 2. The van der Waals surface area contributed by atoms with Crippen molar-refractivity contribution in [2.75, 3.05) is 33.4 Å². The fraction of sp³-hybridized carbons (Fsp3) is 0.500. The van der Waals surface area contributed by atoms with Crippen molar-refractivity contribution in [1.29, 1.82) is 0 Å². The summed E-state index contributed by atoms with van der Waals surface area (Å²) in [5.74, 6) is 0.0730. The Morgan fingerprint density at radius 2 is 2.29 bits per heavy atom. The summed E-state index contributed by atoms with van der Waals surface area (Å²) in [6, 6.07) is 5.46. The third-order valence-corrected chi connectivity index (χ3v) is 4.12. The molecule has 0 spiro atoms. The van der Waals surface area contributed by atoms with Crippen molar-refractivity contribution in [2.24, 2.45) is 5.92 Å². The van der Waals surface area contributed by atoms with E-state index in [2.05, 4.69) is 15.4 Å². The van der Waals surface area contributed by atoms with Gasteiger partial charge in [-0.05, 0) is 17.7 Å². The van der Waals surface area contributed by atoms with Crippen molar-refractivity contribution in [1.82, 2.24) is 10.6 Å². The molecule has 116 valence electrons. The maximum atomic E-state index is 11.2. The summed E-state index contributed by atoms with van der Waals surface area (Å²) < 4.78 is 10.5. The van der Waals surface area contributed by atoms with Gasteiger partial charge in [0.15, 0.2) is 0 Å². The first-order valence-electron chi connectivity index (χ1n) is 6.71. The third-order valence-electron chi connectivity index (χ3n) is 3.38. The normalized spacial score (nSPS) is 22.4. The second-order valence-corrected chi connectivity index (χ2v) is 5.62. The van der Waals surface area contributed by atoms with Gasteiger partial charge in [-0.1, -0.05) is 29.3 Å². The quantitative estimate of drug-likeness (QED) is 0.893. The SMILES string of the molecule is COC(=O)NCC1CNCCOC1c1ccc(Cl)c(Cl)c1. The van der Waals surface area contributed by atoms with Gasteiger partial charge in [-0.25, -0.2) is 4.79 Å². The van der Waals surface area contributed by atoms with E-state index in [-0.39, 0.29) is 12.0 Å². The number of carbonyl (C=O) groups is 1. The van der Waals surface area contributed by atoms with Crippen LogP contribution in [0.2, 0.25) is 10.0 Å². The van der Waals surface area contributed by atoms with E-state index in [1.807, 2.05) is 12.1 Å². The summed E-state index contributed by atoms with van der Waals surface area (Å²) in [6.45, 7) is 2.55. The van der Waals surface area contributed by atoms with Crippen LogP contribution in [0.1, 0.15) is 11.7 Å². The molecule has 1 aliphatic rings. The maximum Gasteiger partial charge on any atom is 0.406 e. The summed E-state index contributed by atoms with van der Waals surface area (Å²) in [5, 5.41) is 7.01. The Kier molecular flexibility index (Phi) is 6.11. The Labute approximate surface area is 133 Å². The highest BCUT2D eigenvalue weighted by Gasteiger charge is 2.27. The van der Waals surface area contributed by atoms with Gasteiger partial charge >= 0.3 is 6.09 Å². The Hall–Kier alpha value is -1.01. The molecule has 2 atom stereocenters. The number of halogens is 2. The molecular formula is C14H18Cl2N2O3. The van der Waals surface area contributed by atoms with E-state index in [0.717, 1.165) is 18.7 Å². The molecule has 1 amide bonds. The molecule has 1 fully saturated rings. The van der Waals surface area contributed by atoms with E-state index in [1.165, 1.54) is 7.11 Å². The zero-order chi connectivity index (χ0) is 15.2. The molecule has 1 saturated heterocycles. The number of ether oxygens (including phenoxy) is 2. The fourth-order valence-corrected chi connectivity index (χ4v) is 2.62. The molecule has 2 unspecified atom stereocenters. The molecule has 0 saturated carbocycles. The first-order chi connectivity index (χ1) is 10.1. The predicted octanol–water partition coefficient (Wildman–Crippen LogP) is 2.63. The van der Waals surface area contributed by atoms with Crippen molar-refractivity contribution in [3.05, 3.63) is 33.8 Å². The van der Waals surface area contributed by atoms with Gasteiger partial charge in [0.25, 0.3) is 0 Å². The van der Waals surface area contributed by atoms with E-state index >= 15 is 0 Å². The lowest BCUT2D eigenvalue weighted by atomic mass is 9.95. The van der Waals surface area contributed by atoms with Crippen LogP contribution in [0.15, 0.2) is 18.2 Å². The molecule has 0 bridgehead atoms. The number of carbonyl (C=O) groups excluding carboxylic acids is 1. The second kappa shape index (κ2) is 7.84. The molecule has 7 heteroatoms. The van der Waals surface area contributed by atoms with E-state index in [9.17, 15) is 4.79 Å². The minimum absolute atomic E-state index is 0.0730. The van der Waals surface area contributed by atoms with Crippen LogP contribution in [0, 0.1) is 5.92 Å². The number of alkyl carbamates (subject to hydrolysis) is 1. The van der Waals surface area contributed by atoms with Gasteiger partial charge in [0.2, 0.25) is 0 Å². The lowest BCUT2D eigenvalue weighted by Crippen LogP contribution is -2.36. The number of hydrogen-bond acceptors (Lipinski definition) is 4. The topological polar surface area (TPSA) is 59.6 Å². The van der Waals surface area contributed by atoms with Gasteiger partial charge in [0.05, 0.1) is 29.9 Å². The first kappa shape index (κ1) is 16.4. The van der Waals surface area contributed by atoms with Gasteiger partial charge in [-0.15, -0.1) is 0 Å². The molecule has 0 aromatic heterocycles. The van der Waals surface area contributed by atoms with Crippen LogP contribution in [-0.4, -0.2) is 39.4 Å². The van der Waals surface area contributed by atoms with Crippen molar-refractivity contribution in [3.8, 4) is 0 Å². The number of benzene rings is 1. The van der Waals surface area contributed by atoms with E-state index in [4.69, 9.17) is 27.9 Å². The van der Waals surface area contributed by atoms with Gasteiger partial charge in [0, 0.05) is 25.6 Å². The molecule has 2 rings (SSSR count). The van der Waals surface area contributed by atoms with Crippen LogP contribution in [0.5, 0.6) is 0 Å². The van der Waals surface area contributed by atoms with Crippen molar-refractivity contribution in [3.63, 3.8) is 0 Å². The Bertz CT molecular complexity index is 499. The Balaban J connectivity index is 2.14. The van der Waals surface area contributed by atoms with Crippen LogP contribution in [0.3, 0.4) is 0 Å². The second-order valence-electron chi connectivity index (χ2n) is 4.80. The summed E-state index contributed by atoms with van der Waals surface area (Å²) in [6.07, 6.45) is -0.612. The Morgan fingerprint density at radius 1 is 1.48 bits per heavy atom. The number of methoxy groups -OCH3 is 1. The average Bonchev–Trinajstić information content (AvgIpc) is 2.73. The molecule has 2 N–H and O–H groups in total. The largest absolute Gasteiger partial charge is 0.453 e. The fourth-order valence-electron chi connectivity index (χ4n) is 2.31. The van der Waals surface area contributed by atoms with Gasteiger partial charge in [-0.2, -0.15) is 0 Å². The van der Waals surface area contributed by atoms with Crippen molar-refractivity contribution >= 4 is 29.3 Å². The maximum absolute atomic E-state index is 11.2. The van der Waals surface area contributed by atoms with Crippen LogP contribution in [0.25, 0.3) is 0 Å². The monoisotopic (exact) mass is 332 g/mol. The number of rotatable bonds is 3. The van der Waals surface area contributed by atoms with Crippen molar-refractivity contribution < 1.29 is 14.3 Å². The number of nitrogens with one attached hydrogen (secondary N) is 2. The predicted molar refractivity (Wildman–Crippen MR) is 81.9 cm³/mol. The van der Waals surface area contributed by atoms with E-state index < -0.39 is 6.09 Å². The molecule has 1 aromatic carbocycles. The molecule has 5 nitrogen and oxygen atoms in total. The molecule has 0 aliphatic carbocycles. The summed E-state index contributed by atoms with van der Waals surface area (Å²) in [4.78, 5) is 11.2. The van der Waals surface area contributed by atoms with E-state index in [1.54, 1.807) is 6.07 Å². The van der Waals surface area contributed by atoms with Gasteiger partial charge in [0.1, 0.15) is 0 Å². The molecule has 21 heavy (non-hydrogen) atoms. The standard InChI is InChI=1S/C14H18Cl2N2O3/c1-20-14(19)18-8-10-7-17-4-5-21-13(10)9-2-3-11(15)12(16)6-9/h2-3,6,10,13,17H,4-5,7-8H2,1H3,(H,18,19). The highest BCUT2D eigenvalue weighted by molar-refractivity contribution is 6.42. The van der Waals surface area contributed by atoms with Crippen LogP contribution >= 0.6 is 23.2 Å². The molecule has 1 aliphatic heterocycles. The molecule has 0 radical (unpaired) electrons. The van der Waals surface area contributed by atoms with Crippen LogP contribution in [0.4, 0.5) is 4.79 Å². The summed E-state index contributed by atoms with van der Waals surface area (Å²) in [5.41, 5.74) is 0.949. The third kappa shape index (κ3) is 4.48. The van der Waals surface area contributed by atoms with E-state index in [0.29, 0.717) is 23.2 Å². The molecular weight excluding hydrogens is 315 g/mol. The summed E-state index contributed by atoms with van der Waals surface area (Å²) >= 11 is 12.0. The molecule has 1 heterocycles. The zero-order valence-electron chi connectivity index (χ0n) is 11.7. The van der Waals surface area contributed by atoms with Crippen molar-refractivity contribution in [2.45, 2.75) is 6.10 Å². The average molecular weight is 333 g/mol. The van der Waals surface area contributed by atoms with Crippen LogP contribution in [-0.2, 0) is 9.47 Å². The van der Waals surface area contributed by atoms with Gasteiger partial charge < -0.3 is 20.1 Å². The summed E-state index contributed by atoms with van der Waals surface area (Å²) in [7, 11) is 1.34.